The van der Waals surface area contributed by atoms with Crippen LogP contribution < -0.4 is 0 Å². The predicted molar refractivity (Wildman–Crippen MR) is 418 cm³/mol. The summed E-state index contributed by atoms with van der Waals surface area (Å²) >= 11 is 0. The Labute approximate surface area is 626 Å². The van der Waals surface area contributed by atoms with Gasteiger partial charge in [-0.2, -0.15) is 0 Å². The van der Waals surface area contributed by atoms with Gasteiger partial charge in [-0.3, -0.25) is 37.3 Å². The maximum absolute atomic E-state index is 13.1. The average Bonchev–Trinajstić information content (AvgIpc) is 0.914. The Balaban J connectivity index is 5.15. The van der Waals surface area contributed by atoms with Crippen LogP contribution >= 0.6 is 15.6 Å². The van der Waals surface area contributed by atoms with Gasteiger partial charge >= 0.3 is 39.5 Å². The van der Waals surface area contributed by atoms with E-state index in [1.165, 1.54) is 218 Å². The first-order chi connectivity index (χ1) is 49.2. The van der Waals surface area contributed by atoms with E-state index in [-0.39, 0.29) is 25.7 Å². The minimum absolute atomic E-state index is 0.107. The van der Waals surface area contributed by atoms with Crippen LogP contribution in [-0.4, -0.2) is 96.7 Å². The van der Waals surface area contributed by atoms with Gasteiger partial charge in [0.25, 0.3) is 0 Å². The van der Waals surface area contributed by atoms with Crippen LogP contribution in [0.2, 0.25) is 0 Å². The van der Waals surface area contributed by atoms with Gasteiger partial charge in [0.1, 0.15) is 19.3 Å². The van der Waals surface area contributed by atoms with Gasteiger partial charge in [-0.25, -0.2) is 9.13 Å². The molecule has 0 aromatic carbocycles. The van der Waals surface area contributed by atoms with Crippen LogP contribution in [0.4, 0.5) is 0 Å². The number of phosphoric ester groups is 2. The second-order valence-corrected chi connectivity index (χ2v) is 34.2. The number of carbonyl (C=O) groups excluding carboxylic acids is 4. The first kappa shape index (κ1) is 100. The quantitative estimate of drug-likeness (QED) is 0.0222. The number of esters is 4. The van der Waals surface area contributed by atoms with Crippen LogP contribution in [0.25, 0.3) is 0 Å². The Morgan fingerprint density at radius 3 is 0.696 bits per heavy atom. The minimum Gasteiger partial charge on any atom is -0.462 e. The second kappa shape index (κ2) is 72.0. The van der Waals surface area contributed by atoms with Gasteiger partial charge in [0.05, 0.1) is 26.4 Å². The lowest BCUT2D eigenvalue weighted by Gasteiger charge is -2.21. The second-order valence-electron chi connectivity index (χ2n) is 31.3. The van der Waals surface area contributed by atoms with Gasteiger partial charge < -0.3 is 33.8 Å². The molecule has 0 saturated carbocycles. The van der Waals surface area contributed by atoms with Gasteiger partial charge in [0, 0.05) is 25.7 Å². The van der Waals surface area contributed by atoms with Crippen molar-refractivity contribution in [1.29, 1.82) is 0 Å². The lowest BCUT2D eigenvalue weighted by Crippen LogP contribution is -2.30. The number of ether oxygens (including phenoxy) is 4. The van der Waals surface area contributed by atoms with E-state index in [9.17, 15) is 43.2 Å². The molecule has 0 spiro atoms. The van der Waals surface area contributed by atoms with E-state index in [1.54, 1.807) is 0 Å². The van der Waals surface area contributed by atoms with E-state index in [1.807, 2.05) is 0 Å². The van der Waals surface area contributed by atoms with E-state index in [0.29, 0.717) is 25.7 Å². The fourth-order valence-corrected chi connectivity index (χ4v) is 14.3. The molecule has 102 heavy (non-hydrogen) atoms. The standard InChI is InChI=1S/C83H162O17P2/c1-9-75(7)61-53-45-39-41-47-55-63-80(85)93-69-78(99-82(87)65-57-49-37-33-29-25-21-17-13-11-15-19-23-27-31-35-43-51-59-73(3)4)71-97-101(89,90)95-67-77(84)68-96-102(91,92)98-72-79(70-94-81(86)64-56-48-42-40-46-54-62-76(8)10-2)100-83(88)66-58-50-38-34-30-26-22-18-14-12-16-20-24-28-32-36-44-52-60-74(5)6/h73-79,84H,9-72H2,1-8H3,(H,89,90)(H,91,92)/t75?,76?,77?,78-,79-/m1/s1. The Hall–Kier alpha value is -1.94. The number of aliphatic hydroxyl groups is 1. The molecular formula is C83H162O17P2. The molecule has 0 bridgehead atoms. The van der Waals surface area contributed by atoms with Crippen molar-refractivity contribution in [3.05, 3.63) is 0 Å². The third-order valence-electron chi connectivity index (χ3n) is 20.0. The van der Waals surface area contributed by atoms with Gasteiger partial charge in [-0.1, -0.05) is 376 Å². The zero-order chi connectivity index (χ0) is 75.3. The highest BCUT2D eigenvalue weighted by atomic mass is 31.2. The predicted octanol–water partition coefficient (Wildman–Crippen LogP) is 24.8. The SMILES string of the molecule is CCC(C)CCCCCCCCC(=O)OC[C@H](COP(=O)(O)OCC(O)COP(=O)(O)OC[C@@H](COC(=O)CCCCCCCCC(C)CC)OC(=O)CCCCCCCCCCCCCCCCCCCCC(C)C)OC(=O)CCCCCCCCCCCCCCCCCCCCC(C)C. The van der Waals surface area contributed by atoms with Crippen molar-refractivity contribution in [2.45, 2.75) is 446 Å². The van der Waals surface area contributed by atoms with Crippen molar-refractivity contribution in [3.8, 4) is 0 Å². The van der Waals surface area contributed by atoms with E-state index >= 15 is 0 Å². The molecule has 606 valence electrons. The molecule has 0 aliphatic rings. The summed E-state index contributed by atoms with van der Waals surface area (Å²) in [6.07, 6.45) is 59.9. The number of aliphatic hydroxyl groups excluding tert-OH is 1. The lowest BCUT2D eigenvalue weighted by atomic mass is 10.00. The zero-order valence-electron chi connectivity index (χ0n) is 67.2. The van der Waals surface area contributed by atoms with E-state index in [4.69, 9.17) is 37.0 Å². The number of rotatable bonds is 80. The van der Waals surface area contributed by atoms with Crippen molar-refractivity contribution in [2.75, 3.05) is 39.6 Å². The van der Waals surface area contributed by atoms with Crippen molar-refractivity contribution in [1.82, 2.24) is 0 Å². The highest BCUT2D eigenvalue weighted by Gasteiger charge is 2.30. The highest BCUT2D eigenvalue weighted by molar-refractivity contribution is 7.47. The fourth-order valence-electron chi connectivity index (χ4n) is 12.7. The summed E-state index contributed by atoms with van der Waals surface area (Å²) in [6.45, 7) is 14.2. The Kier molecular flexibility index (Phi) is 70.6. The normalized spacial score (nSPS) is 14.5. The molecule has 19 heteroatoms. The molecule has 0 rings (SSSR count). The first-order valence-electron chi connectivity index (χ1n) is 42.8. The lowest BCUT2D eigenvalue weighted by molar-refractivity contribution is -0.161. The number of unbranched alkanes of at least 4 members (excludes halogenated alkanes) is 44. The molecule has 0 amide bonds. The number of hydrogen-bond acceptors (Lipinski definition) is 15. The van der Waals surface area contributed by atoms with Crippen LogP contribution in [0.5, 0.6) is 0 Å². The summed E-state index contributed by atoms with van der Waals surface area (Å²) in [7, 11) is -9.92. The summed E-state index contributed by atoms with van der Waals surface area (Å²) in [5.41, 5.74) is 0. The molecule has 0 fully saturated rings. The number of hydrogen-bond donors (Lipinski definition) is 3. The molecule has 0 aromatic rings. The molecule has 3 N–H and O–H groups in total. The van der Waals surface area contributed by atoms with Crippen molar-refractivity contribution >= 4 is 39.5 Å². The summed E-state index contributed by atoms with van der Waals surface area (Å²) in [4.78, 5) is 73.0. The van der Waals surface area contributed by atoms with Crippen molar-refractivity contribution in [3.63, 3.8) is 0 Å². The monoisotopic (exact) mass is 1490 g/mol. The van der Waals surface area contributed by atoms with Crippen molar-refractivity contribution in [2.24, 2.45) is 23.7 Å². The highest BCUT2D eigenvalue weighted by Crippen LogP contribution is 2.45. The molecule has 0 radical (unpaired) electrons. The first-order valence-corrected chi connectivity index (χ1v) is 45.8. The molecule has 4 unspecified atom stereocenters. The van der Waals surface area contributed by atoms with Crippen LogP contribution in [0.1, 0.15) is 428 Å². The number of phosphoric acid groups is 2. The van der Waals surface area contributed by atoms with E-state index in [0.717, 1.165) is 126 Å². The smallest absolute Gasteiger partial charge is 0.462 e. The van der Waals surface area contributed by atoms with Gasteiger partial charge in [0.15, 0.2) is 12.2 Å². The summed E-state index contributed by atoms with van der Waals surface area (Å²) in [5.74, 6) is 0.987. The van der Waals surface area contributed by atoms with Gasteiger partial charge in [-0.15, -0.1) is 0 Å². The molecule has 0 aliphatic carbocycles. The Morgan fingerprint density at radius 1 is 0.275 bits per heavy atom. The zero-order valence-corrected chi connectivity index (χ0v) is 69.0. The van der Waals surface area contributed by atoms with E-state index in [2.05, 4.69) is 55.4 Å². The molecule has 17 nitrogen and oxygen atoms in total. The summed E-state index contributed by atoms with van der Waals surface area (Å²) in [5, 5.41) is 10.6. The molecule has 0 saturated heterocycles. The van der Waals surface area contributed by atoms with Crippen LogP contribution in [0.3, 0.4) is 0 Å². The van der Waals surface area contributed by atoms with E-state index < -0.39 is 97.5 Å². The largest absolute Gasteiger partial charge is 0.472 e. The Bertz CT molecular complexity index is 1860. The molecule has 0 aromatic heterocycles. The van der Waals surface area contributed by atoms with Crippen LogP contribution in [0, 0.1) is 23.7 Å². The molecule has 6 atom stereocenters. The maximum Gasteiger partial charge on any atom is 0.472 e. The van der Waals surface area contributed by atoms with Crippen LogP contribution in [0.15, 0.2) is 0 Å². The summed E-state index contributed by atoms with van der Waals surface area (Å²) < 4.78 is 68.7. The molecule has 0 heterocycles. The average molecular weight is 1490 g/mol. The Morgan fingerprint density at radius 2 is 0.471 bits per heavy atom. The topological polar surface area (TPSA) is 237 Å². The number of carbonyl (C=O) groups is 4. The minimum atomic E-state index is -4.96. The third-order valence-corrected chi connectivity index (χ3v) is 21.9. The maximum atomic E-state index is 13.1. The van der Waals surface area contributed by atoms with Crippen molar-refractivity contribution < 1.29 is 80.2 Å². The van der Waals surface area contributed by atoms with Crippen LogP contribution in [-0.2, 0) is 65.4 Å². The summed E-state index contributed by atoms with van der Waals surface area (Å²) in [6, 6.07) is 0. The third kappa shape index (κ3) is 73.6. The van der Waals surface area contributed by atoms with Gasteiger partial charge in [0.2, 0.25) is 0 Å². The van der Waals surface area contributed by atoms with Gasteiger partial charge in [-0.05, 0) is 49.4 Å². The fraction of sp³-hybridized carbons (Fsp3) is 0.952. The molecular weight excluding hydrogens is 1330 g/mol. The molecule has 0 aliphatic heterocycles.